The quantitative estimate of drug-likeness (QED) is 0.0340. The molecule has 0 radical (unpaired) electrons. The number of aliphatic hydroxyl groups is 18. The number of hydrogen-bond acceptors (Lipinski definition) is 35. The van der Waals surface area contributed by atoms with E-state index >= 15 is 0 Å². The van der Waals surface area contributed by atoms with Crippen molar-refractivity contribution in [3.05, 3.63) is 0 Å². The highest BCUT2D eigenvalue weighted by Crippen LogP contribution is 2.44. The molecule has 6 rings (SSSR count). The standard InChI is InChI=1S/C49H85N3O35/c1-15-18(60)7-48(46(72)73,84-35(15)27(64)20(62)9-53)86-40-30(67)23(12-56)79-44(33(40)70)83-39-26(51-17(3)59)43(78-22(11-55)29(39)66)82-38-25(14-58)80-45(81-37-24(13-57)77-42(32(69)31(37)68)52(4)76-6-5-50)34(71)41(38)87-49(47(74)75)8-19(61)16(2)36(85-49)28(65)21(63)10-54/h15-16,18-45,53-58,60-71H,5-14,50H2,1-4H3,(H,51,59)(H,72,73)(H,74,75)/t15-,16-,18?,19?,20-,21-,22?,23?,24?,25?,26?,27-,28-,29+,30+,31-,32?,33?,34?,35-,36-,37-,38+,39-,40+,41-,42-,43+,44+,45+,48+,49+/m1/s1. The Hall–Kier alpha value is -2.87. The topological polar surface area (TPSA) is 608 Å². The molecule has 0 bridgehead atoms. The number of hydroxylamine groups is 2. The van der Waals surface area contributed by atoms with E-state index in [4.69, 9.17) is 62.7 Å². The maximum absolute atomic E-state index is 13.6. The van der Waals surface area contributed by atoms with E-state index in [9.17, 15) is 117 Å². The van der Waals surface area contributed by atoms with Crippen LogP contribution in [0.25, 0.3) is 0 Å². The molecule has 32 atom stereocenters. The molecule has 23 N–H and O–H groups in total. The van der Waals surface area contributed by atoms with E-state index in [2.05, 4.69) is 5.32 Å². The zero-order valence-electron chi connectivity index (χ0n) is 47.5. The summed E-state index contributed by atoms with van der Waals surface area (Å²) in [5.74, 6) is -13.9. The van der Waals surface area contributed by atoms with Crippen molar-refractivity contribution in [2.75, 3.05) is 59.8 Å². The molecule has 0 aromatic rings. The van der Waals surface area contributed by atoms with Crippen LogP contribution in [0.2, 0.25) is 0 Å². The van der Waals surface area contributed by atoms with Crippen LogP contribution in [0.4, 0.5) is 0 Å². The Kier molecular flexibility index (Phi) is 26.2. The lowest BCUT2D eigenvalue weighted by molar-refractivity contribution is -0.406. The molecule has 0 saturated carbocycles. The van der Waals surface area contributed by atoms with E-state index in [1.165, 1.54) is 20.9 Å². The third-order valence-corrected chi connectivity index (χ3v) is 16.3. The highest BCUT2D eigenvalue weighted by molar-refractivity contribution is 5.76. The zero-order chi connectivity index (χ0) is 64.9. The number of carboxylic acids is 2. The van der Waals surface area contributed by atoms with Crippen molar-refractivity contribution >= 4 is 17.8 Å². The summed E-state index contributed by atoms with van der Waals surface area (Å²) in [6, 6.07) is -2.03. The largest absolute Gasteiger partial charge is 0.477 e. The zero-order valence-corrected chi connectivity index (χ0v) is 47.5. The fourth-order valence-corrected chi connectivity index (χ4v) is 11.3. The van der Waals surface area contributed by atoms with Crippen LogP contribution in [0, 0.1) is 11.8 Å². The number of nitrogens with zero attached hydrogens (tertiary/aromatic N) is 1. The van der Waals surface area contributed by atoms with Gasteiger partial charge < -0.3 is 165 Å². The Balaban J connectivity index is 1.40. The van der Waals surface area contributed by atoms with Gasteiger partial charge in [-0.2, -0.15) is 5.06 Å². The average molecular weight is 1280 g/mol. The minimum Gasteiger partial charge on any atom is -0.477 e. The highest BCUT2D eigenvalue weighted by Gasteiger charge is 2.63. The molecule has 6 aliphatic heterocycles. The predicted octanol–water partition coefficient (Wildman–Crippen LogP) is -13.2. The predicted molar refractivity (Wildman–Crippen MR) is 272 cm³/mol. The number of nitrogens with two attached hydrogens (primary N) is 1. The summed E-state index contributed by atoms with van der Waals surface area (Å²) >= 11 is 0. The van der Waals surface area contributed by atoms with E-state index in [0.29, 0.717) is 0 Å². The molecule has 87 heavy (non-hydrogen) atoms. The molecule has 6 fully saturated rings. The van der Waals surface area contributed by atoms with Crippen LogP contribution >= 0.6 is 0 Å². The molecule has 38 nitrogen and oxygen atoms in total. The Morgan fingerprint density at radius 1 is 0.563 bits per heavy atom. The van der Waals surface area contributed by atoms with Gasteiger partial charge in [-0.05, 0) is 0 Å². The number of carbonyl (C=O) groups is 3. The SMILES string of the molecule is CC(=O)NC1[C@H](O[C@H]2C(CO)O[C@@H](O[C@@H]3C(CO)O[C@@H](N(C)OCCN)C(O)[C@H]3O)C(O)[C@H]2O[C@]2(C(=O)O)CC(O)[C@@H](C)[C@H]([C@H](O)[C@H](O)CO)O2)OC(CO)[C@H](O)[C@@H]1O[C@@H]1OC(CO)[C@H](O)[C@H](O[C@]2(C(=O)O)CC(O)[C@@H](C)[C@H]([C@H](O)[C@H](O)CO)O2)C1O. The number of aliphatic carboxylic acids is 2. The minimum absolute atomic E-state index is 0.00522. The minimum atomic E-state index is -3.26. The molecule has 6 aliphatic rings. The second-order valence-corrected chi connectivity index (χ2v) is 22.3. The van der Waals surface area contributed by atoms with Gasteiger partial charge in [0.25, 0.3) is 11.6 Å². The third kappa shape index (κ3) is 15.6. The van der Waals surface area contributed by atoms with Gasteiger partial charge in [-0.15, -0.1) is 0 Å². The first kappa shape index (κ1) is 73.2. The molecule has 0 aromatic carbocycles. The molecule has 0 spiro atoms. The van der Waals surface area contributed by atoms with Crippen LogP contribution in [-0.2, 0) is 71.3 Å². The third-order valence-electron chi connectivity index (χ3n) is 16.3. The van der Waals surface area contributed by atoms with Crippen LogP contribution in [-0.4, -0.2) is 368 Å². The van der Waals surface area contributed by atoms with Gasteiger partial charge in [0.15, 0.2) is 25.1 Å². The number of amides is 1. The molecule has 1 amide bonds. The monoisotopic (exact) mass is 1280 g/mol. The van der Waals surface area contributed by atoms with E-state index < -0.39 is 265 Å². The number of carboxylic acid groups (broad SMARTS) is 2. The van der Waals surface area contributed by atoms with Crippen molar-refractivity contribution in [1.82, 2.24) is 10.4 Å². The van der Waals surface area contributed by atoms with Crippen LogP contribution in [0.3, 0.4) is 0 Å². The van der Waals surface area contributed by atoms with Crippen molar-refractivity contribution in [2.24, 2.45) is 17.6 Å². The molecule has 10 unspecified atom stereocenters. The van der Waals surface area contributed by atoms with Gasteiger partial charge >= 0.3 is 11.9 Å². The first-order valence-corrected chi connectivity index (χ1v) is 27.9. The van der Waals surface area contributed by atoms with Crippen molar-refractivity contribution < 1.29 is 173 Å². The summed E-state index contributed by atoms with van der Waals surface area (Å²) in [4.78, 5) is 45.2. The number of nitrogens with one attached hydrogen (secondary N) is 1. The van der Waals surface area contributed by atoms with Crippen molar-refractivity contribution in [3.63, 3.8) is 0 Å². The van der Waals surface area contributed by atoms with Crippen LogP contribution in [0.5, 0.6) is 0 Å². The number of aliphatic hydroxyl groups excluding tert-OH is 18. The van der Waals surface area contributed by atoms with Gasteiger partial charge in [0.05, 0.1) is 70.7 Å². The second kappa shape index (κ2) is 31.2. The van der Waals surface area contributed by atoms with Gasteiger partial charge in [0.2, 0.25) is 5.91 Å². The van der Waals surface area contributed by atoms with Crippen LogP contribution in [0.1, 0.15) is 33.6 Å². The molecule has 0 aromatic heterocycles. The van der Waals surface area contributed by atoms with Gasteiger partial charge in [-0.1, -0.05) is 13.8 Å². The summed E-state index contributed by atoms with van der Waals surface area (Å²) < 4.78 is 65.2. The van der Waals surface area contributed by atoms with Gasteiger partial charge in [0, 0.05) is 45.2 Å². The molecule has 6 saturated heterocycles. The summed E-state index contributed by atoms with van der Waals surface area (Å²) in [7, 11) is 1.30. The fourth-order valence-electron chi connectivity index (χ4n) is 11.3. The first-order valence-electron chi connectivity index (χ1n) is 27.9. The second-order valence-electron chi connectivity index (χ2n) is 22.3. The Morgan fingerprint density at radius 2 is 0.977 bits per heavy atom. The summed E-state index contributed by atoms with van der Waals surface area (Å²) in [6.45, 7) is -3.37. The average Bonchev–Trinajstić information content (AvgIpc) is 0.817. The molecule has 38 heteroatoms. The van der Waals surface area contributed by atoms with E-state index in [1.807, 2.05) is 0 Å². The smallest absolute Gasteiger partial charge is 0.364 e. The van der Waals surface area contributed by atoms with Crippen LogP contribution < -0.4 is 11.1 Å². The summed E-state index contributed by atoms with van der Waals surface area (Å²) in [5.41, 5.74) is 5.52. The van der Waals surface area contributed by atoms with Crippen molar-refractivity contribution in [2.45, 2.75) is 217 Å². The Morgan fingerprint density at radius 3 is 1.43 bits per heavy atom. The fraction of sp³-hybridized carbons (Fsp3) is 0.939. The van der Waals surface area contributed by atoms with Crippen molar-refractivity contribution in [1.29, 1.82) is 0 Å². The van der Waals surface area contributed by atoms with Gasteiger partial charge in [-0.25, -0.2) is 9.59 Å². The van der Waals surface area contributed by atoms with E-state index in [-0.39, 0.29) is 13.2 Å². The number of ether oxygens (including phenoxy) is 11. The number of hydrogen-bond donors (Lipinski definition) is 22. The normalized spacial score (nSPS) is 45.2. The maximum atomic E-state index is 13.6. The van der Waals surface area contributed by atoms with Gasteiger partial charge in [-0.3, -0.25) is 9.63 Å². The van der Waals surface area contributed by atoms with E-state index in [1.54, 1.807) is 0 Å². The summed E-state index contributed by atoms with van der Waals surface area (Å²) in [6.07, 6.45) is -57.9. The molecular formula is C49H85N3O35. The number of rotatable bonds is 27. The Bertz CT molecular complexity index is 2190. The molecule has 0 aliphatic carbocycles. The van der Waals surface area contributed by atoms with Crippen molar-refractivity contribution in [3.8, 4) is 0 Å². The number of likely N-dealkylation sites (N-methyl/N-ethyl adjacent to an activating group) is 1. The molecular weight excluding hydrogens is 1190 g/mol. The van der Waals surface area contributed by atoms with Gasteiger partial charge in [0.1, 0.15) is 122 Å². The maximum Gasteiger partial charge on any atom is 0.364 e. The lowest BCUT2D eigenvalue weighted by Crippen LogP contribution is -2.71. The molecule has 506 valence electrons. The molecule has 6 heterocycles. The van der Waals surface area contributed by atoms with Crippen LogP contribution in [0.15, 0.2) is 0 Å². The lowest BCUT2D eigenvalue weighted by atomic mass is 9.84. The van der Waals surface area contributed by atoms with E-state index in [0.717, 1.165) is 12.0 Å². The first-order chi connectivity index (χ1) is 40.9. The highest BCUT2D eigenvalue weighted by atomic mass is 16.8. The number of carbonyl (C=O) groups excluding carboxylic acids is 1. The summed E-state index contributed by atoms with van der Waals surface area (Å²) in [5, 5.41) is 222. The lowest BCUT2D eigenvalue weighted by Gasteiger charge is -2.53. The Labute approximate surface area is 495 Å².